The van der Waals surface area contributed by atoms with Gasteiger partial charge in [0.05, 0.1) is 0 Å². The standard InChI is InChI=1S/C55H104O6/c1-4-7-10-13-16-19-22-25-27-30-33-36-39-42-45-48-54(57)60-51-52(50-59-53(56)47-44-41-38-35-32-29-24-21-18-15-12-9-6-3)61-55(58)49-46-43-40-37-34-31-28-26-23-20-17-14-11-8-5-2/h21,24,52H,4-20,22-23,25-51H2,1-3H3/b24-21+/t52-/m1/s1. The quantitative estimate of drug-likeness (QED) is 0.0262. The van der Waals surface area contributed by atoms with Crippen LogP contribution in [0.25, 0.3) is 0 Å². The molecule has 0 fully saturated rings. The van der Waals surface area contributed by atoms with Crippen LogP contribution in [0, 0.1) is 0 Å². The van der Waals surface area contributed by atoms with E-state index in [9.17, 15) is 14.4 Å². The lowest BCUT2D eigenvalue weighted by atomic mass is 10.0. The third kappa shape index (κ3) is 49.0. The van der Waals surface area contributed by atoms with Crippen molar-refractivity contribution in [2.24, 2.45) is 0 Å². The second-order valence-corrected chi connectivity index (χ2v) is 18.5. The minimum Gasteiger partial charge on any atom is -0.462 e. The van der Waals surface area contributed by atoms with Crippen LogP contribution in [0.1, 0.15) is 303 Å². The summed E-state index contributed by atoms with van der Waals surface area (Å²) in [5.74, 6) is -0.855. The van der Waals surface area contributed by atoms with E-state index >= 15 is 0 Å². The van der Waals surface area contributed by atoms with Gasteiger partial charge < -0.3 is 14.2 Å². The first-order chi connectivity index (χ1) is 30.0. The minimum atomic E-state index is -0.766. The van der Waals surface area contributed by atoms with Crippen molar-refractivity contribution in [2.45, 2.75) is 309 Å². The summed E-state index contributed by atoms with van der Waals surface area (Å²) in [7, 11) is 0. The molecule has 0 aromatic rings. The smallest absolute Gasteiger partial charge is 0.306 e. The van der Waals surface area contributed by atoms with E-state index in [0.717, 1.165) is 64.2 Å². The number of carbonyl (C=O) groups is 3. The molecule has 6 nitrogen and oxygen atoms in total. The molecule has 360 valence electrons. The highest BCUT2D eigenvalue weighted by atomic mass is 16.6. The molecule has 0 bridgehead atoms. The van der Waals surface area contributed by atoms with Crippen LogP contribution < -0.4 is 0 Å². The Labute approximate surface area is 380 Å². The number of hydrogen-bond donors (Lipinski definition) is 0. The Kier molecular flexibility index (Phi) is 49.3. The predicted molar refractivity (Wildman–Crippen MR) is 261 cm³/mol. The summed E-state index contributed by atoms with van der Waals surface area (Å²) in [6, 6.07) is 0. The Morgan fingerprint density at radius 1 is 0.311 bits per heavy atom. The van der Waals surface area contributed by atoms with Crippen LogP contribution in [-0.4, -0.2) is 37.2 Å². The zero-order chi connectivity index (χ0) is 44.4. The molecule has 6 heteroatoms. The van der Waals surface area contributed by atoms with Gasteiger partial charge in [-0.25, -0.2) is 0 Å². The molecular formula is C55H104O6. The molecule has 0 heterocycles. The molecule has 0 amide bonds. The maximum atomic E-state index is 12.8. The summed E-state index contributed by atoms with van der Waals surface area (Å²) < 4.78 is 16.8. The molecule has 0 spiro atoms. The second kappa shape index (κ2) is 50.8. The average Bonchev–Trinajstić information content (AvgIpc) is 3.26. The van der Waals surface area contributed by atoms with Crippen molar-refractivity contribution in [2.75, 3.05) is 13.2 Å². The number of esters is 3. The average molecular weight is 861 g/mol. The van der Waals surface area contributed by atoms with Crippen LogP contribution >= 0.6 is 0 Å². The zero-order valence-corrected chi connectivity index (χ0v) is 41.2. The number of allylic oxidation sites excluding steroid dienone is 2. The number of ether oxygens (including phenoxy) is 3. The molecule has 0 saturated heterocycles. The van der Waals surface area contributed by atoms with E-state index < -0.39 is 6.10 Å². The summed E-state index contributed by atoms with van der Waals surface area (Å²) in [6.07, 6.45) is 56.2. The molecule has 0 unspecified atom stereocenters. The largest absolute Gasteiger partial charge is 0.462 e. The summed E-state index contributed by atoms with van der Waals surface area (Å²) in [5, 5.41) is 0. The van der Waals surface area contributed by atoms with Gasteiger partial charge in [-0.2, -0.15) is 0 Å². The molecule has 0 aromatic carbocycles. The van der Waals surface area contributed by atoms with E-state index in [2.05, 4.69) is 32.9 Å². The zero-order valence-electron chi connectivity index (χ0n) is 41.2. The molecule has 0 N–H and O–H groups in total. The monoisotopic (exact) mass is 861 g/mol. The van der Waals surface area contributed by atoms with Gasteiger partial charge in [0.25, 0.3) is 0 Å². The Morgan fingerprint density at radius 3 is 0.836 bits per heavy atom. The van der Waals surface area contributed by atoms with E-state index in [1.807, 2.05) is 0 Å². The van der Waals surface area contributed by atoms with Gasteiger partial charge in [0.15, 0.2) is 6.10 Å². The second-order valence-electron chi connectivity index (χ2n) is 18.5. The van der Waals surface area contributed by atoms with Gasteiger partial charge in [0.1, 0.15) is 13.2 Å². The highest BCUT2D eigenvalue weighted by molar-refractivity contribution is 5.71. The molecule has 0 rings (SSSR count). The Bertz CT molecular complexity index is 947. The van der Waals surface area contributed by atoms with Crippen LogP contribution in [0.4, 0.5) is 0 Å². The summed E-state index contributed by atoms with van der Waals surface area (Å²) in [6.45, 7) is 6.66. The molecule has 0 radical (unpaired) electrons. The minimum absolute atomic E-state index is 0.0668. The molecule has 0 saturated carbocycles. The van der Waals surface area contributed by atoms with E-state index in [1.54, 1.807) is 0 Å². The van der Waals surface area contributed by atoms with E-state index in [0.29, 0.717) is 19.3 Å². The first-order valence-corrected chi connectivity index (χ1v) is 27.2. The van der Waals surface area contributed by atoms with Crippen molar-refractivity contribution in [1.82, 2.24) is 0 Å². The maximum absolute atomic E-state index is 12.8. The third-order valence-electron chi connectivity index (χ3n) is 12.3. The highest BCUT2D eigenvalue weighted by Gasteiger charge is 2.19. The molecule has 0 aliphatic rings. The molecule has 0 aliphatic carbocycles. The lowest BCUT2D eigenvalue weighted by Gasteiger charge is -2.18. The number of rotatable bonds is 50. The first-order valence-electron chi connectivity index (χ1n) is 27.2. The van der Waals surface area contributed by atoms with Crippen LogP contribution in [0.15, 0.2) is 12.2 Å². The molecule has 0 aromatic heterocycles. The van der Waals surface area contributed by atoms with E-state index in [4.69, 9.17) is 14.2 Å². The van der Waals surface area contributed by atoms with E-state index in [1.165, 1.54) is 199 Å². The van der Waals surface area contributed by atoms with Gasteiger partial charge in [-0.3, -0.25) is 14.4 Å². The predicted octanol–water partition coefficient (Wildman–Crippen LogP) is 17.8. The van der Waals surface area contributed by atoms with Crippen molar-refractivity contribution >= 4 is 17.9 Å². The fourth-order valence-corrected chi connectivity index (χ4v) is 8.14. The van der Waals surface area contributed by atoms with Gasteiger partial charge in [-0.15, -0.1) is 0 Å². The highest BCUT2D eigenvalue weighted by Crippen LogP contribution is 2.17. The Morgan fingerprint density at radius 2 is 0.541 bits per heavy atom. The van der Waals surface area contributed by atoms with Crippen LogP contribution in [0.2, 0.25) is 0 Å². The molecule has 1 atom stereocenters. The summed E-state index contributed by atoms with van der Waals surface area (Å²) in [4.78, 5) is 38.0. The topological polar surface area (TPSA) is 78.9 Å². The Hall–Kier alpha value is -1.85. The SMILES string of the molecule is CCCCCC/C=C/CCCCCCCC(=O)OC[C@H](COC(=O)CCCCCCCCCCCCCCCCC)OC(=O)CCCCCCCCCCCCCCCCC. The molecule has 61 heavy (non-hydrogen) atoms. The van der Waals surface area contributed by atoms with Gasteiger partial charge in [0, 0.05) is 19.3 Å². The number of hydrogen-bond acceptors (Lipinski definition) is 6. The fraction of sp³-hybridized carbons (Fsp3) is 0.909. The first kappa shape index (κ1) is 59.1. The Balaban J connectivity index is 4.32. The van der Waals surface area contributed by atoms with Gasteiger partial charge in [0.2, 0.25) is 0 Å². The van der Waals surface area contributed by atoms with Crippen molar-refractivity contribution < 1.29 is 28.6 Å². The molecule has 0 aliphatic heterocycles. The van der Waals surface area contributed by atoms with Crippen molar-refractivity contribution in [3.63, 3.8) is 0 Å². The summed E-state index contributed by atoms with van der Waals surface area (Å²) in [5.41, 5.74) is 0. The van der Waals surface area contributed by atoms with E-state index in [-0.39, 0.29) is 31.1 Å². The van der Waals surface area contributed by atoms with Crippen molar-refractivity contribution in [3.05, 3.63) is 12.2 Å². The van der Waals surface area contributed by atoms with Gasteiger partial charge >= 0.3 is 17.9 Å². The van der Waals surface area contributed by atoms with Crippen LogP contribution in [0.5, 0.6) is 0 Å². The van der Waals surface area contributed by atoms with Crippen molar-refractivity contribution in [3.8, 4) is 0 Å². The summed E-state index contributed by atoms with van der Waals surface area (Å²) >= 11 is 0. The lowest BCUT2D eigenvalue weighted by molar-refractivity contribution is -0.167. The number of unbranched alkanes of at least 4 members (excludes halogenated alkanes) is 37. The molecular weight excluding hydrogens is 757 g/mol. The fourth-order valence-electron chi connectivity index (χ4n) is 8.14. The lowest BCUT2D eigenvalue weighted by Crippen LogP contribution is -2.30. The van der Waals surface area contributed by atoms with Crippen molar-refractivity contribution in [1.29, 1.82) is 0 Å². The normalized spacial score (nSPS) is 12.0. The maximum Gasteiger partial charge on any atom is 0.306 e. The third-order valence-corrected chi connectivity index (χ3v) is 12.3. The van der Waals surface area contributed by atoms with Gasteiger partial charge in [-0.05, 0) is 44.9 Å². The van der Waals surface area contributed by atoms with Crippen LogP contribution in [0.3, 0.4) is 0 Å². The number of carbonyl (C=O) groups excluding carboxylic acids is 3. The van der Waals surface area contributed by atoms with Gasteiger partial charge in [-0.1, -0.05) is 251 Å². The van der Waals surface area contributed by atoms with Crippen LogP contribution in [-0.2, 0) is 28.6 Å².